The summed E-state index contributed by atoms with van der Waals surface area (Å²) >= 11 is 11.7. The van der Waals surface area contributed by atoms with Gasteiger partial charge in [0.2, 0.25) is 0 Å². The summed E-state index contributed by atoms with van der Waals surface area (Å²) in [6.45, 7) is 3.90. The Bertz CT molecular complexity index is 651. The highest BCUT2D eigenvalue weighted by atomic mass is 35.5. The summed E-state index contributed by atoms with van der Waals surface area (Å²) in [6.07, 6.45) is 0. The standard InChI is InChI=1S/C16H14Cl2O2/c1-10-3-4-11(2)16(7-10)20-9-15(19)12-5-6-13(17)14(18)8-12/h3-8H,9H2,1-2H3. The lowest BCUT2D eigenvalue weighted by Crippen LogP contribution is -2.12. The van der Waals surface area contributed by atoms with Gasteiger partial charge in [0, 0.05) is 5.56 Å². The molecule has 0 saturated heterocycles. The molecule has 4 heteroatoms. The fourth-order valence-corrected chi connectivity index (χ4v) is 2.06. The summed E-state index contributed by atoms with van der Waals surface area (Å²) in [5, 5.41) is 0.794. The van der Waals surface area contributed by atoms with Crippen LogP contribution in [0.4, 0.5) is 0 Å². The van der Waals surface area contributed by atoms with Gasteiger partial charge in [0.05, 0.1) is 10.0 Å². The third-order valence-corrected chi connectivity index (χ3v) is 3.68. The molecule has 104 valence electrons. The van der Waals surface area contributed by atoms with Crippen LogP contribution < -0.4 is 4.74 Å². The van der Waals surface area contributed by atoms with Crippen molar-refractivity contribution < 1.29 is 9.53 Å². The molecular weight excluding hydrogens is 295 g/mol. The SMILES string of the molecule is Cc1ccc(C)c(OCC(=O)c2ccc(Cl)c(Cl)c2)c1. The van der Waals surface area contributed by atoms with Gasteiger partial charge in [-0.3, -0.25) is 4.79 Å². The van der Waals surface area contributed by atoms with Gasteiger partial charge in [-0.15, -0.1) is 0 Å². The second-order valence-corrected chi connectivity index (χ2v) is 5.42. The zero-order valence-electron chi connectivity index (χ0n) is 11.2. The Morgan fingerprint density at radius 1 is 1.05 bits per heavy atom. The summed E-state index contributed by atoms with van der Waals surface area (Å²) in [5.41, 5.74) is 2.58. The lowest BCUT2D eigenvalue weighted by atomic mass is 10.1. The average Bonchev–Trinajstić information content (AvgIpc) is 2.42. The number of Topliss-reactive ketones (excluding diaryl/α,β-unsaturated/α-hetero) is 1. The fourth-order valence-electron chi connectivity index (χ4n) is 1.76. The van der Waals surface area contributed by atoms with Gasteiger partial charge in [-0.1, -0.05) is 35.3 Å². The molecule has 0 fully saturated rings. The van der Waals surface area contributed by atoms with E-state index in [1.807, 2.05) is 32.0 Å². The van der Waals surface area contributed by atoms with Crippen LogP contribution in [0.1, 0.15) is 21.5 Å². The molecule has 0 unspecified atom stereocenters. The molecule has 0 saturated carbocycles. The van der Waals surface area contributed by atoms with Crippen LogP contribution in [-0.4, -0.2) is 12.4 Å². The van der Waals surface area contributed by atoms with E-state index in [-0.39, 0.29) is 12.4 Å². The van der Waals surface area contributed by atoms with E-state index in [4.69, 9.17) is 27.9 Å². The van der Waals surface area contributed by atoms with Crippen LogP contribution >= 0.6 is 23.2 Å². The molecule has 0 spiro atoms. The number of ketones is 1. The Hall–Kier alpha value is -1.51. The lowest BCUT2D eigenvalue weighted by molar-refractivity contribution is 0.0921. The molecule has 0 radical (unpaired) electrons. The van der Waals surface area contributed by atoms with E-state index in [2.05, 4.69) is 0 Å². The van der Waals surface area contributed by atoms with Gasteiger partial charge in [0.15, 0.2) is 12.4 Å². The van der Waals surface area contributed by atoms with Crippen LogP contribution in [0.3, 0.4) is 0 Å². The molecule has 0 heterocycles. The normalized spacial score (nSPS) is 10.4. The van der Waals surface area contributed by atoms with Crippen molar-refractivity contribution in [1.29, 1.82) is 0 Å². The first-order chi connectivity index (χ1) is 9.47. The second kappa shape index (κ2) is 6.29. The average molecular weight is 309 g/mol. The van der Waals surface area contributed by atoms with Crippen molar-refractivity contribution in [2.45, 2.75) is 13.8 Å². The summed E-state index contributed by atoms with van der Waals surface area (Å²) < 4.78 is 5.58. The number of halogens is 2. The molecule has 0 aliphatic carbocycles. The molecule has 2 nitrogen and oxygen atoms in total. The molecule has 0 aliphatic rings. The third kappa shape index (κ3) is 3.53. The van der Waals surface area contributed by atoms with Crippen LogP contribution in [0.2, 0.25) is 10.0 Å². The summed E-state index contributed by atoms with van der Waals surface area (Å²) in [5.74, 6) is 0.586. The highest BCUT2D eigenvalue weighted by Gasteiger charge is 2.10. The van der Waals surface area contributed by atoms with Gasteiger partial charge in [0.25, 0.3) is 0 Å². The summed E-state index contributed by atoms with van der Waals surface area (Å²) in [7, 11) is 0. The number of rotatable bonds is 4. The van der Waals surface area contributed by atoms with Crippen LogP contribution in [0.5, 0.6) is 5.75 Å². The van der Waals surface area contributed by atoms with E-state index < -0.39 is 0 Å². The molecule has 20 heavy (non-hydrogen) atoms. The first kappa shape index (κ1) is 14.9. The molecule has 0 atom stereocenters. The van der Waals surface area contributed by atoms with E-state index in [0.29, 0.717) is 15.6 Å². The third-order valence-electron chi connectivity index (χ3n) is 2.94. The van der Waals surface area contributed by atoms with Gasteiger partial charge < -0.3 is 4.74 Å². The zero-order chi connectivity index (χ0) is 14.7. The second-order valence-electron chi connectivity index (χ2n) is 4.61. The van der Waals surface area contributed by atoms with Crippen molar-refractivity contribution in [2.75, 3.05) is 6.61 Å². The van der Waals surface area contributed by atoms with E-state index in [1.54, 1.807) is 18.2 Å². The first-order valence-electron chi connectivity index (χ1n) is 6.15. The molecule has 0 aromatic heterocycles. The van der Waals surface area contributed by atoms with Crippen molar-refractivity contribution in [3.63, 3.8) is 0 Å². The van der Waals surface area contributed by atoms with Crippen molar-refractivity contribution in [3.8, 4) is 5.75 Å². The molecule has 2 rings (SSSR count). The maximum Gasteiger partial charge on any atom is 0.200 e. The van der Waals surface area contributed by atoms with E-state index in [1.165, 1.54) is 0 Å². The Balaban J connectivity index is 2.08. The number of carbonyl (C=O) groups excluding carboxylic acids is 1. The van der Waals surface area contributed by atoms with Crippen molar-refractivity contribution in [2.24, 2.45) is 0 Å². The molecule has 0 aliphatic heterocycles. The van der Waals surface area contributed by atoms with Crippen LogP contribution in [0.25, 0.3) is 0 Å². The fraction of sp³-hybridized carbons (Fsp3) is 0.188. The zero-order valence-corrected chi connectivity index (χ0v) is 12.8. The minimum absolute atomic E-state index is 0.0255. The van der Waals surface area contributed by atoms with Gasteiger partial charge in [0.1, 0.15) is 5.75 Å². The van der Waals surface area contributed by atoms with Crippen molar-refractivity contribution in [3.05, 3.63) is 63.1 Å². The number of hydrogen-bond donors (Lipinski definition) is 0. The van der Waals surface area contributed by atoms with Gasteiger partial charge >= 0.3 is 0 Å². The minimum Gasteiger partial charge on any atom is -0.485 e. The van der Waals surface area contributed by atoms with Gasteiger partial charge in [-0.25, -0.2) is 0 Å². The highest BCUT2D eigenvalue weighted by Crippen LogP contribution is 2.23. The van der Waals surface area contributed by atoms with E-state index in [9.17, 15) is 4.79 Å². The van der Waals surface area contributed by atoms with Gasteiger partial charge in [-0.05, 0) is 49.2 Å². The summed E-state index contributed by atoms with van der Waals surface area (Å²) in [4.78, 5) is 12.1. The minimum atomic E-state index is -0.135. The predicted octanol–water partition coefficient (Wildman–Crippen LogP) is 4.87. The Kier molecular flexibility index (Phi) is 4.69. The number of hydrogen-bond acceptors (Lipinski definition) is 2. The Morgan fingerprint density at radius 2 is 1.80 bits per heavy atom. The molecule has 2 aromatic rings. The topological polar surface area (TPSA) is 26.3 Å². The number of ether oxygens (including phenoxy) is 1. The number of benzene rings is 2. The van der Waals surface area contributed by atoms with Crippen molar-refractivity contribution >= 4 is 29.0 Å². The van der Waals surface area contributed by atoms with E-state index >= 15 is 0 Å². The van der Waals surface area contributed by atoms with Crippen LogP contribution in [-0.2, 0) is 0 Å². The monoisotopic (exact) mass is 308 g/mol. The van der Waals surface area contributed by atoms with Crippen molar-refractivity contribution in [1.82, 2.24) is 0 Å². The lowest BCUT2D eigenvalue weighted by Gasteiger charge is -2.09. The molecular formula is C16H14Cl2O2. The van der Waals surface area contributed by atoms with Gasteiger partial charge in [-0.2, -0.15) is 0 Å². The number of carbonyl (C=O) groups is 1. The highest BCUT2D eigenvalue weighted by molar-refractivity contribution is 6.42. The Morgan fingerprint density at radius 3 is 2.50 bits per heavy atom. The van der Waals surface area contributed by atoms with Crippen LogP contribution in [0, 0.1) is 13.8 Å². The largest absolute Gasteiger partial charge is 0.485 e. The van der Waals surface area contributed by atoms with Crippen LogP contribution in [0.15, 0.2) is 36.4 Å². The first-order valence-corrected chi connectivity index (χ1v) is 6.91. The number of aryl methyl sites for hydroxylation is 2. The quantitative estimate of drug-likeness (QED) is 0.753. The Labute approximate surface area is 128 Å². The molecule has 0 amide bonds. The molecule has 0 N–H and O–H groups in total. The smallest absolute Gasteiger partial charge is 0.200 e. The summed E-state index contributed by atoms with van der Waals surface area (Å²) in [6, 6.07) is 10.7. The molecule has 0 bridgehead atoms. The maximum atomic E-state index is 12.1. The van der Waals surface area contributed by atoms with E-state index in [0.717, 1.165) is 16.9 Å². The maximum absolute atomic E-state index is 12.1. The predicted molar refractivity (Wildman–Crippen MR) is 82.2 cm³/mol. The molecule has 2 aromatic carbocycles.